The number of rotatable bonds is 7. The zero-order valence-corrected chi connectivity index (χ0v) is 12.8. The second kappa shape index (κ2) is 7.25. The first-order valence-electron chi connectivity index (χ1n) is 7.56. The van der Waals surface area contributed by atoms with Crippen LogP contribution in [0.2, 0.25) is 0 Å². The molecule has 0 amide bonds. The van der Waals surface area contributed by atoms with Gasteiger partial charge in [-0.05, 0) is 36.6 Å². The van der Waals surface area contributed by atoms with E-state index in [0.717, 1.165) is 25.1 Å². The topological polar surface area (TPSA) is 29.9 Å². The van der Waals surface area contributed by atoms with Crippen LogP contribution in [0.5, 0.6) is 0 Å². The third kappa shape index (κ3) is 3.70. The summed E-state index contributed by atoms with van der Waals surface area (Å²) < 4.78 is 1.87. The highest BCUT2D eigenvalue weighted by atomic mass is 15.3. The van der Waals surface area contributed by atoms with Crippen molar-refractivity contribution >= 4 is 0 Å². The number of hydrogen-bond donors (Lipinski definition) is 1. The van der Waals surface area contributed by atoms with E-state index in [2.05, 4.69) is 54.6 Å². The van der Waals surface area contributed by atoms with Crippen LogP contribution in [0.25, 0.3) is 0 Å². The van der Waals surface area contributed by atoms with Crippen LogP contribution in [0.3, 0.4) is 0 Å². The van der Waals surface area contributed by atoms with Crippen LogP contribution in [0.4, 0.5) is 0 Å². The SMILES string of the molecule is CCCNC(c1cccc(CCC)c1)c1ccn(C)n1. The van der Waals surface area contributed by atoms with Crippen LogP contribution in [0.1, 0.15) is 49.6 Å². The molecular formula is C17H25N3. The molecular weight excluding hydrogens is 246 g/mol. The lowest BCUT2D eigenvalue weighted by Crippen LogP contribution is -2.24. The Balaban J connectivity index is 2.28. The molecule has 0 aliphatic heterocycles. The van der Waals surface area contributed by atoms with Gasteiger partial charge in [0, 0.05) is 13.2 Å². The van der Waals surface area contributed by atoms with Gasteiger partial charge >= 0.3 is 0 Å². The zero-order valence-electron chi connectivity index (χ0n) is 12.8. The third-order valence-electron chi connectivity index (χ3n) is 3.45. The van der Waals surface area contributed by atoms with E-state index in [1.54, 1.807) is 0 Å². The van der Waals surface area contributed by atoms with E-state index in [1.807, 2.05) is 17.9 Å². The summed E-state index contributed by atoms with van der Waals surface area (Å²) in [7, 11) is 1.97. The molecule has 0 fully saturated rings. The van der Waals surface area contributed by atoms with Crippen LogP contribution < -0.4 is 5.32 Å². The van der Waals surface area contributed by atoms with E-state index < -0.39 is 0 Å². The molecule has 0 aliphatic carbocycles. The van der Waals surface area contributed by atoms with Crippen molar-refractivity contribution in [3.05, 3.63) is 53.3 Å². The summed E-state index contributed by atoms with van der Waals surface area (Å²) in [5.74, 6) is 0. The van der Waals surface area contributed by atoms with Gasteiger partial charge in [0.05, 0.1) is 11.7 Å². The average molecular weight is 271 g/mol. The van der Waals surface area contributed by atoms with E-state index >= 15 is 0 Å². The highest BCUT2D eigenvalue weighted by Crippen LogP contribution is 2.22. The van der Waals surface area contributed by atoms with Gasteiger partial charge in [-0.2, -0.15) is 5.10 Å². The van der Waals surface area contributed by atoms with Crippen LogP contribution in [-0.4, -0.2) is 16.3 Å². The number of nitrogens with one attached hydrogen (secondary N) is 1. The Kier molecular flexibility index (Phi) is 5.36. The Morgan fingerprint density at radius 1 is 1.20 bits per heavy atom. The Morgan fingerprint density at radius 2 is 2.05 bits per heavy atom. The van der Waals surface area contributed by atoms with Gasteiger partial charge in [0.15, 0.2) is 0 Å². The second-order valence-corrected chi connectivity index (χ2v) is 5.30. The van der Waals surface area contributed by atoms with Crippen molar-refractivity contribution in [2.24, 2.45) is 7.05 Å². The molecule has 1 heterocycles. The number of aromatic nitrogens is 2. The van der Waals surface area contributed by atoms with Crippen molar-refractivity contribution in [3.63, 3.8) is 0 Å². The molecule has 3 nitrogen and oxygen atoms in total. The van der Waals surface area contributed by atoms with Gasteiger partial charge in [0.1, 0.15) is 0 Å². The number of nitrogens with zero attached hydrogens (tertiary/aromatic N) is 2. The molecule has 2 aromatic rings. The fourth-order valence-corrected chi connectivity index (χ4v) is 2.49. The minimum Gasteiger partial charge on any atom is -0.305 e. The maximum absolute atomic E-state index is 4.57. The van der Waals surface area contributed by atoms with E-state index in [4.69, 9.17) is 0 Å². The van der Waals surface area contributed by atoms with Crippen molar-refractivity contribution in [1.29, 1.82) is 0 Å². The summed E-state index contributed by atoms with van der Waals surface area (Å²) in [6.45, 7) is 5.41. The molecule has 0 saturated carbocycles. The van der Waals surface area contributed by atoms with Crippen LogP contribution in [0, 0.1) is 0 Å². The summed E-state index contributed by atoms with van der Waals surface area (Å²) in [5, 5.41) is 8.18. The molecule has 2 rings (SSSR count). The van der Waals surface area contributed by atoms with Crippen LogP contribution in [-0.2, 0) is 13.5 Å². The highest BCUT2D eigenvalue weighted by molar-refractivity contribution is 5.31. The number of benzene rings is 1. The first kappa shape index (κ1) is 14.8. The minimum atomic E-state index is 0.188. The fourth-order valence-electron chi connectivity index (χ4n) is 2.49. The Morgan fingerprint density at radius 3 is 2.70 bits per heavy atom. The molecule has 108 valence electrons. The third-order valence-corrected chi connectivity index (χ3v) is 3.45. The summed E-state index contributed by atoms with van der Waals surface area (Å²) in [6.07, 6.45) is 5.44. The lowest BCUT2D eigenvalue weighted by molar-refractivity contribution is 0.575. The molecule has 0 aliphatic rings. The molecule has 0 spiro atoms. The average Bonchev–Trinajstić information content (AvgIpc) is 2.87. The number of aryl methyl sites for hydroxylation is 2. The largest absolute Gasteiger partial charge is 0.305 e. The van der Waals surface area contributed by atoms with Crippen LogP contribution in [0.15, 0.2) is 36.5 Å². The van der Waals surface area contributed by atoms with E-state index in [9.17, 15) is 0 Å². The number of hydrogen-bond acceptors (Lipinski definition) is 2. The molecule has 1 atom stereocenters. The van der Waals surface area contributed by atoms with Gasteiger partial charge in [-0.25, -0.2) is 0 Å². The highest BCUT2D eigenvalue weighted by Gasteiger charge is 2.16. The summed E-state index contributed by atoms with van der Waals surface area (Å²) in [5.41, 5.74) is 3.81. The Hall–Kier alpha value is -1.61. The van der Waals surface area contributed by atoms with Crippen molar-refractivity contribution in [2.45, 2.75) is 39.2 Å². The van der Waals surface area contributed by atoms with E-state index in [-0.39, 0.29) is 6.04 Å². The Labute approximate surface area is 122 Å². The molecule has 1 unspecified atom stereocenters. The smallest absolute Gasteiger partial charge is 0.0839 e. The lowest BCUT2D eigenvalue weighted by atomic mass is 9.99. The Bertz CT molecular complexity index is 531. The first-order chi connectivity index (χ1) is 9.74. The van der Waals surface area contributed by atoms with Gasteiger partial charge in [0.25, 0.3) is 0 Å². The second-order valence-electron chi connectivity index (χ2n) is 5.30. The van der Waals surface area contributed by atoms with E-state index in [1.165, 1.54) is 17.5 Å². The summed E-state index contributed by atoms with van der Waals surface area (Å²) in [4.78, 5) is 0. The lowest BCUT2D eigenvalue weighted by Gasteiger charge is -2.18. The predicted molar refractivity (Wildman–Crippen MR) is 83.8 cm³/mol. The minimum absolute atomic E-state index is 0.188. The molecule has 1 N–H and O–H groups in total. The molecule has 20 heavy (non-hydrogen) atoms. The van der Waals surface area contributed by atoms with Crippen molar-refractivity contribution in [1.82, 2.24) is 15.1 Å². The van der Waals surface area contributed by atoms with Gasteiger partial charge < -0.3 is 5.32 Å². The monoisotopic (exact) mass is 271 g/mol. The molecule has 3 heteroatoms. The summed E-state index contributed by atoms with van der Waals surface area (Å²) in [6, 6.07) is 11.2. The standard InChI is InChI=1S/C17H25N3/c1-4-7-14-8-6-9-15(13-14)17(18-11-5-2)16-10-12-20(3)19-16/h6,8-10,12-13,17-18H,4-5,7,11H2,1-3H3. The summed E-state index contributed by atoms with van der Waals surface area (Å²) >= 11 is 0. The normalized spacial score (nSPS) is 12.6. The quantitative estimate of drug-likeness (QED) is 0.835. The molecule has 1 aromatic heterocycles. The molecule has 0 saturated heterocycles. The first-order valence-corrected chi connectivity index (χ1v) is 7.56. The van der Waals surface area contributed by atoms with Crippen molar-refractivity contribution in [3.8, 4) is 0 Å². The van der Waals surface area contributed by atoms with E-state index in [0.29, 0.717) is 0 Å². The van der Waals surface area contributed by atoms with Crippen molar-refractivity contribution < 1.29 is 0 Å². The van der Waals surface area contributed by atoms with Gasteiger partial charge in [-0.1, -0.05) is 44.5 Å². The molecule has 0 bridgehead atoms. The maximum Gasteiger partial charge on any atom is 0.0839 e. The predicted octanol–water partition coefficient (Wildman–Crippen LogP) is 3.46. The van der Waals surface area contributed by atoms with Gasteiger partial charge in [-0.15, -0.1) is 0 Å². The van der Waals surface area contributed by atoms with Crippen molar-refractivity contribution in [2.75, 3.05) is 6.54 Å². The zero-order chi connectivity index (χ0) is 14.4. The van der Waals surface area contributed by atoms with Gasteiger partial charge in [-0.3, -0.25) is 4.68 Å². The molecule has 1 aromatic carbocycles. The maximum atomic E-state index is 4.57. The fraction of sp³-hybridized carbons (Fsp3) is 0.471. The van der Waals surface area contributed by atoms with Gasteiger partial charge in [0.2, 0.25) is 0 Å². The van der Waals surface area contributed by atoms with Crippen LogP contribution >= 0.6 is 0 Å². The molecule has 0 radical (unpaired) electrons.